The summed E-state index contributed by atoms with van der Waals surface area (Å²) in [6.07, 6.45) is 3.73. The Morgan fingerprint density at radius 1 is 0.789 bits per heavy atom. The summed E-state index contributed by atoms with van der Waals surface area (Å²) in [5.74, 6) is 7.35. The van der Waals surface area contributed by atoms with Crippen LogP contribution in [-0.2, 0) is 9.59 Å². The van der Waals surface area contributed by atoms with Crippen molar-refractivity contribution in [1.82, 2.24) is 4.90 Å². The summed E-state index contributed by atoms with van der Waals surface area (Å²) in [7, 11) is 1.71. The third-order valence-corrected chi connectivity index (χ3v) is 8.04. The number of hydrogen-bond acceptors (Lipinski definition) is 2. The van der Waals surface area contributed by atoms with Gasteiger partial charge >= 0.3 is 0 Å². The molecule has 1 aliphatic heterocycles. The fourth-order valence-corrected chi connectivity index (χ4v) is 7.82. The van der Waals surface area contributed by atoms with Crippen LogP contribution in [0.1, 0.15) is 19.3 Å². The van der Waals surface area contributed by atoms with Crippen molar-refractivity contribution in [3.05, 3.63) is 0 Å². The van der Waals surface area contributed by atoms with Crippen molar-refractivity contribution < 1.29 is 9.59 Å². The maximum atomic E-state index is 12.5. The second-order valence-electron chi connectivity index (χ2n) is 8.13. The number of likely N-dealkylation sites (tertiary alicyclic amines) is 1. The van der Waals surface area contributed by atoms with E-state index < -0.39 is 0 Å². The van der Waals surface area contributed by atoms with E-state index in [-0.39, 0.29) is 23.7 Å². The van der Waals surface area contributed by atoms with E-state index in [0.717, 1.165) is 41.9 Å². The largest absolute Gasteiger partial charge is 0.285 e. The van der Waals surface area contributed by atoms with Gasteiger partial charge in [-0.25, -0.2) is 0 Å². The topological polar surface area (TPSA) is 37.4 Å². The highest BCUT2D eigenvalue weighted by atomic mass is 16.2. The Bertz CT molecular complexity index is 537. The number of rotatable bonds is 0. The lowest BCUT2D eigenvalue weighted by molar-refractivity contribution is -0.151. The van der Waals surface area contributed by atoms with Crippen LogP contribution in [0, 0.1) is 59.2 Å². The van der Waals surface area contributed by atoms with Crippen LogP contribution in [0.25, 0.3) is 0 Å². The molecule has 7 aliphatic carbocycles. The first kappa shape index (κ1) is 9.95. The van der Waals surface area contributed by atoms with E-state index in [1.54, 1.807) is 7.05 Å². The molecule has 3 nitrogen and oxygen atoms in total. The van der Waals surface area contributed by atoms with Gasteiger partial charge in [-0.3, -0.25) is 14.5 Å². The van der Waals surface area contributed by atoms with E-state index in [4.69, 9.17) is 0 Å². The van der Waals surface area contributed by atoms with Crippen LogP contribution in [0.5, 0.6) is 0 Å². The van der Waals surface area contributed by atoms with Gasteiger partial charge in [0.25, 0.3) is 0 Å². The molecule has 0 spiro atoms. The van der Waals surface area contributed by atoms with Crippen molar-refractivity contribution in [1.29, 1.82) is 0 Å². The maximum absolute atomic E-state index is 12.5. The van der Waals surface area contributed by atoms with Crippen molar-refractivity contribution in [2.75, 3.05) is 7.05 Å². The molecule has 0 aromatic heterocycles. The van der Waals surface area contributed by atoms with Gasteiger partial charge in [-0.1, -0.05) is 0 Å². The molecule has 0 aromatic rings. The molecule has 100 valence electrons. The van der Waals surface area contributed by atoms with Gasteiger partial charge in [0, 0.05) is 18.9 Å². The number of piperidine rings is 1. The predicted octanol–water partition coefficient (Wildman–Crippen LogP) is 1.39. The van der Waals surface area contributed by atoms with Crippen LogP contribution in [0.2, 0.25) is 0 Å². The Balaban J connectivity index is 1.53. The van der Waals surface area contributed by atoms with Crippen LogP contribution in [0.15, 0.2) is 0 Å². The van der Waals surface area contributed by atoms with E-state index >= 15 is 0 Å². The molecule has 2 amide bonds. The van der Waals surface area contributed by atoms with E-state index in [1.807, 2.05) is 0 Å². The van der Waals surface area contributed by atoms with Crippen molar-refractivity contribution in [3.8, 4) is 0 Å². The number of imide groups is 1. The standard InChI is InChI=1S/C16H19NO2/c1-17-15(18)8-4-9(16(17)19)14-10-5-2-6(12(8)14)11-7(3-5)13(10)11/h5-14H,2-4H2,1H3. The highest BCUT2D eigenvalue weighted by Crippen LogP contribution is 2.81. The minimum Gasteiger partial charge on any atom is -0.285 e. The first-order valence-corrected chi connectivity index (χ1v) is 8.00. The van der Waals surface area contributed by atoms with Crippen LogP contribution >= 0.6 is 0 Å². The molecule has 1 heterocycles. The molecule has 0 aromatic carbocycles. The summed E-state index contributed by atoms with van der Waals surface area (Å²) in [4.78, 5) is 26.4. The number of amides is 2. The first-order valence-electron chi connectivity index (χ1n) is 8.00. The average molecular weight is 257 g/mol. The highest BCUT2D eigenvalue weighted by Gasteiger charge is 2.78. The number of hydrogen-bond donors (Lipinski definition) is 0. The van der Waals surface area contributed by atoms with Gasteiger partial charge < -0.3 is 0 Å². The summed E-state index contributed by atoms with van der Waals surface area (Å²) in [6, 6.07) is 0. The molecule has 8 aliphatic rings. The Labute approximate surface area is 112 Å². The predicted molar refractivity (Wildman–Crippen MR) is 66.5 cm³/mol. The van der Waals surface area contributed by atoms with Gasteiger partial charge in [0.15, 0.2) is 0 Å². The molecule has 0 radical (unpaired) electrons. The third-order valence-electron chi connectivity index (χ3n) is 8.04. The number of nitrogens with zero attached hydrogens (tertiary/aromatic N) is 1. The lowest BCUT2D eigenvalue weighted by Gasteiger charge is -2.51. The van der Waals surface area contributed by atoms with Crippen LogP contribution < -0.4 is 0 Å². The summed E-state index contributed by atoms with van der Waals surface area (Å²) in [5.41, 5.74) is 0. The van der Waals surface area contributed by atoms with Crippen molar-refractivity contribution in [2.24, 2.45) is 59.2 Å². The molecule has 7 saturated carbocycles. The second-order valence-corrected chi connectivity index (χ2v) is 8.13. The molecule has 19 heavy (non-hydrogen) atoms. The van der Waals surface area contributed by atoms with E-state index in [1.165, 1.54) is 17.7 Å². The summed E-state index contributed by atoms with van der Waals surface area (Å²) in [5, 5.41) is 0. The van der Waals surface area contributed by atoms with E-state index in [2.05, 4.69) is 0 Å². The zero-order valence-electron chi connectivity index (χ0n) is 11.2. The molecule has 8 bridgehead atoms. The van der Waals surface area contributed by atoms with E-state index in [9.17, 15) is 9.59 Å². The molecule has 8 fully saturated rings. The monoisotopic (exact) mass is 257 g/mol. The smallest absolute Gasteiger partial charge is 0.232 e. The van der Waals surface area contributed by atoms with Crippen molar-refractivity contribution in [2.45, 2.75) is 19.3 Å². The molecule has 0 N–H and O–H groups in total. The van der Waals surface area contributed by atoms with Gasteiger partial charge in [-0.15, -0.1) is 0 Å². The lowest BCUT2D eigenvalue weighted by atomic mass is 9.52. The van der Waals surface area contributed by atoms with Gasteiger partial charge in [0.05, 0.1) is 0 Å². The van der Waals surface area contributed by atoms with Crippen LogP contribution in [0.4, 0.5) is 0 Å². The number of fused-ring (bicyclic) bond motifs is 2. The Morgan fingerprint density at radius 2 is 1.42 bits per heavy atom. The minimum atomic E-state index is 0.146. The van der Waals surface area contributed by atoms with Crippen molar-refractivity contribution >= 4 is 11.8 Å². The maximum Gasteiger partial charge on any atom is 0.232 e. The highest BCUT2D eigenvalue weighted by molar-refractivity contribution is 6.01. The quantitative estimate of drug-likeness (QED) is 0.615. The first-order chi connectivity index (χ1) is 9.18. The van der Waals surface area contributed by atoms with Gasteiger partial charge in [0.1, 0.15) is 0 Å². The third kappa shape index (κ3) is 0.822. The second kappa shape index (κ2) is 2.64. The Morgan fingerprint density at radius 3 is 2.11 bits per heavy atom. The molecule has 1 saturated heterocycles. The van der Waals surface area contributed by atoms with Crippen LogP contribution in [0.3, 0.4) is 0 Å². The van der Waals surface area contributed by atoms with E-state index in [0.29, 0.717) is 11.8 Å². The lowest BCUT2D eigenvalue weighted by Crippen LogP contribution is -2.48. The summed E-state index contributed by atoms with van der Waals surface area (Å²) in [6.45, 7) is 0. The zero-order chi connectivity index (χ0) is 12.6. The zero-order valence-corrected chi connectivity index (χ0v) is 11.2. The normalized spacial score (nSPS) is 66.7. The van der Waals surface area contributed by atoms with Gasteiger partial charge in [-0.2, -0.15) is 0 Å². The molecule has 10 atom stereocenters. The SMILES string of the molecule is CN1C(=O)C2CC(C1=O)C1C2C2CC3CC4C2C4C31. The molecular weight excluding hydrogens is 238 g/mol. The molecule has 10 unspecified atom stereocenters. The number of carbonyl (C=O) groups excluding carboxylic acids is 2. The van der Waals surface area contributed by atoms with Gasteiger partial charge in [0.2, 0.25) is 11.8 Å². The molecule has 8 rings (SSSR count). The summed E-state index contributed by atoms with van der Waals surface area (Å²) < 4.78 is 0. The average Bonchev–Trinajstić information content (AvgIpc) is 2.90. The molecular formula is C16H19NO2. The van der Waals surface area contributed by atoms with Crippen LogP contribution in [-0.4, -0.2) is 23.8 Å². The fraction of sp³-hybridized carbons (Fsp3) is 0.875. The number of carbonyl (C=O) groups is 2. The van der Waals surface area contributed by atoms with Gasteiger partial charge in [-0.05, 0) is 66.6 Å². The Kier molecular flexibility index (Phi) is 1.38. The van der Waals surface area contributed by atoms with Crippen molar-refractivity contribution in [3.63, 3.8) is 0 Å². The summed E-state index contributed by atoms with van der Waals surface area (Å²) >= 11 is 0. The molecule has 3 heteroatoms. The Hall–Kier alpha value is -0.860. The minimum absolute atomic E-state index is 0.146. The fourth-order valence-electron chi connectivity index (χ4n) is 7.82.